The van der Waals surface area contributed by atoms with Crippen LogP contribution in [-0.2, 0) is 6.54 Å². The monoisotopic (exact) mass is 268 g/mol. The normalized spacial score (nSPS) is 19.6. The Hall–Kier alpha value is -1.17. The Morgan fingerprint density at radius 3 is 2.74 bits per heavy atom. The van der Waals surface area contributed by atoms with Crippen molar-refractivity contribution in [2.45, 2.75) is 32.0 Å². The van der Waals surface area contributed by atoms with Crippen LogP contribution in [0.15, 0.2) is 12.1 Å². The predicted octanol–water partition coefficient (Wildman–Crippen LogP) is 1.42. The molecule has 1 atom stereocenters. The molecule has 0 saturated heterocycles. The van der Waals surface area contributed by atoms with Gasteiger partial charge < -0.3 is 15.6 Å². The number of fused-ring (bicyclic) bond motifs is 1. The summed E-state index contributed by atoms with van der Waals surface area (Å²) in [4.78, 5) is 2.03. The number of nitrogens with two attached hydrogens (primary N) is 1. The minimum absolute atomic E-state index is 0.0125. The average Bonchev–Trinajstić information content (AvgIpc) is 2.80. The number of ether oxygens (including phenoxy) is 1. The number of aliphatic hydroxyl groups is 1. The van der Waals surface area contributed by atoms with Gasteiger partial charge in [-0.2, -0.15) is 0 Å². The highest BCUT2D eigenvalue weighted by molar-refractivity contribution is 5.46. The smallest absolute Gasteiger partial charge is 0.128 e. The van der Waals surface area contributed by atoms with E-state index in [2.05, 4.69) is 0 Å². The first-order chi connectivity index (χ1) is 8.96. The molecule has 3 N–H and O–H groups in total. The number of rotatable bonds is 4. The van der Waals surface area contributed by atoms with Crippen LogP contribution in [0, 0.1) is 5.82 Å². The van der Waals surface area contributed by atoms with Crippen molar-refractivity contribution in [1.29, 1.82) is 0 Å². The van der Waals surface area contributed by atoms with Crippen molar-refractivity contribution in [3.63, 3.8) is 0 Å². The van der Waals surface area contributed by atoms with Crippen LogP contribution < -0.4 is 10.5 Å². The van der Waals surface area contributed by atoms with Crippen molar-refractivity contribution < 1.29 is 14.2 Å². The third-order valence-electron chi connectivity index (χ3n) is 3.91. The van der Waals surface area contributed by atoms with Gasteiger partial charge in [0.1, 0.15) is 11.6 Å². The maximum atomic E-state index is 14.1. The third kappa shape index (κ3) is 2.22. The number of hydrogen-bond donors (Lipinski definition) is 2. The molecule has 2 rings (SSSR count). The molecule has 1 aromatic rings. The summed E-state index contributed by atoms with van der Waals surface area (Å²) < 4.78 is 19.4. The highest BCUT2D eigenvalue weighted by Crippen LogP contribution is 2.43. The molecule has 1 unspecified atom stereocenters. The Labute approximate surface area is 113 Å². The summed E-state index contributed by atoms with van der Waals surface area (Å²) in [6.45, 7) is 4.67. The Balaban J connectivity index is 2.51. The number of hydrogen-bond acceptors (Lipinski definition) is 4. The predicted molar refractivity (Wildman–Crippen MR) is 71.5 cm³/mol. The number of halogens is 1. The van der Waals surface area contributed by atoms with Crippen LogP contribution >= 0.6 is 0 Å². The maximum Gasteiger partial charge on any atom is 0.128 e. The first kappa shape index (κ1) is 14.2. The van der Waals surface area contributed by atoms with E-state index in [-0.39, 0.29) is 18.5 Å². The van der Waals surface area contributed by atoms with Crippen molar-refractivity contribution in [2.75, 3.05) is 20.3 Å². The molecule has 5 heteroatoms. The van der Waals surface area contributed by atoms with E-state index in [1.165, 1.54) is 6.07 Å². The molecular formula is C14H21FN2O2. The first-order valence-electron chi connectivity index (χ1n) is 6.39. The molecule has 0 fully saturated rings. The van der Waals surface area contributed by atoms with Gasteiger partial charge in [-0.15, -0.1) is 0 Å². The van der Waals surface area contributed by atoms with Crippen molar-refractivity contribution in [3.8, 4) is 5.75 Å². The minimum atomic E-state index is -0.458. The van der Waals surface area contributed by atoms with Gasteiger partial charge in [0.25, 0.3) is 0 Å². The zero-order chi connectivity index (χ0) is 14.2. The standard InChI is InChI=1S/C14H21FN2O2/c1-14(2,8-18)17-7-9-12(19-3)5-4-10(15)13(9)11(17)6-16/h4-5,11,18H,6-8,16H2,1-3H3. The molecule has 106 valence electrons. The van der Waals surface area contributed by atoms with Gasteiger partial charge in [-0.1, -0.05) is 0 Å². The lowest BCUT2D eigenvalue weighted by Gasteiger charge is -2.38. The molecule has 19 heavy (non-hydrogen) atoms. The Kier molecular flexibility index (Phi) is 3.80. The van der Waals surface area contributed by atoms with Gasteiger partial charge in [0.15, 0.2) is 0 Å². The fraction of sp³-hybridized carbons (Fsp3) is 0.571. The molecule has 0 bridgehead atoms. The molecule has 0 radical (unpaired) electrons. The van der Waals surface area contributed by atoms with Gasteiger partial charge in [0.05, 0.1) is 19.8 Å². The van der Waals surface area contributed by atoms with Gasteiger partial charge in [-0.3, -0.25) is 4.90 Å². The summed E-state index contributed by atoms with van der Waals surface area (Å²) in [6.07, 6.45) is 0. The average molecular weight is 268 g/mol. The molecule has 0 saturated carbocycles. The van der Waals surface area contributed by atoms with Crippen LogP contribution in [0.4, 0.5) is 4.39 Å². The summed E-state index contributed by atoms with van der Waals surface area (Å²) in [7, 11) is 1.57. The topological polar surface area (TPSA) is 58.7 Å². The second-order valence-electron chi connectivity index (χ2n) is 5.49. The van der Waals surface area contributed by atoms with Crippen LogP contribution in [0.1, 0.15) is 31.0 Å². The number of benzene rings is 1. The lowest BCUT2D eigenvalue weighted by molar-refractivity contribution is 0.0284. The molecule has 1 aromatic carbocycles. The van der Waals surface area contributed by atoms with E-state index in [1.807, 2.05) is 18.7 Å². The van der Waals surface area contributed by atoms with Gasteiger partial charge >= 0.3 is 0 Å². The minimum Gasteiger partial charge on any atom is -0.496 e. The van der Waals surface area contributed by atoms with Crippen LogP contribution in [-0.4, -0.2) is 35.8 Å². The SMILES string of the molecule is COc1ccc(F)c2c1CN(C(C)(C)CO)C2CN. The molecule has 1 aliphatic heterocycles. The highest BCUT2D eigenvalue weighted by Gasteiger charge is 2.41. The number of nitrogens with zero attached hydrogens (tertiary/aromatic N) is 1. The third-order valence-corrected chi connectivity index (χ3v) is 3.91. The van der Waals surface area contributed by atoms with E-state index in [1.54, 1.807) is 13.2 Å². The van der Waals surface area contributed by atoms with E-state index >= 15 is 0 Å². The van der Waals surface area contributed by atoms with Gasteiger partial charge in [-0.25, -0.2) is 4.39 Å². The van der Waals surface area contributed by atoms with Crippen LogP contribution in [0.5, 0.6) is 5.75 Å². The quantitative estimate of drug-likeness (QED) is 0.867. The van der Waals surface area contributed by atoms with Gasteiger partial charge in [0, 0.05) is 29.8 Å². The second kappa shape index (κ2) is 5.07. The molecule has 1 aliphatic rings. The van der Waals surface area contributed by atoms with E-state index in [9.17, 15) is 9.50 Å². The van der Waals surface area contributed by atoms with Crippen molar-refractivity contribution in [3.05, 3.63) is 29.1 Å². The molecule has 0 aliphatic carbocycles. The molecule has 0 amide bonds. The van der Waals surface area contributed by atoms with Crippen molar-refractivity contribution in [1.82, 2.24) is 4.90 Å². The fourth-order valence-corrected chi connectivity index (χ4v) is 2.74. The summed E-state index contributed by atoms with van der Waals surface area (Å²) in [5.41, 5.74) is 6.80. The zero-order valence-electron chi connectivity index (χ0n) is 11.6. The van der Waals surface area contributed by atoms with Crippen LogP contribution in [0.3, 0.4) is 0 Å². The van der Waals surface area contributed by atoms with E-state index < -0.39 is 5.54 Å². The second-order valence-corrected chi connectivity index (χ2v) is 5.49. The maximum absolute atomic E-state index is 14.1. The molecule has 1 heterocycles. The molecule has 0 spiro atoms. The van der Waals surface area contributed by atoms with Crippen LogP contribution in [0.25, 0.3) is 0 Å². The van der Waals surface area contributed by atoms with Gasteiger partial charge in [0.2, 0.25) is 0 Å². The largest absolute Gasteiger partial charge is 0.496 e. The highest BCUT2D eigenvalue weighted by atomic mass is 19.1. The summed E-state index contributed by atoms with van der Waals surface area (Å²) in [5.74, 6) is 0.411. The lowest BCUT2D eigenvalue weighted by Crippen LogP contribution is -2.47. The molecule has 0 aromatic heterocycles. The fourth-order valence-electron chi connectivity index (χ4n) is 2.74. The van der Waals surface area contributed by atoms with Gasteiger partial charge in [-0.05, 0) is 26.0 Å². The summed E-state index contributed by atoms with van der Waals surface area (Å²) in [6, 6.07) is 2.82. The lowest BCUT2D eigenvalue weighted by atomic mass is 10.00. The van der Waals surface area contributed by atoms with E-state index in [4.69, 9.17) is 10.5 Å². The van der Waals surface area contributed by atoms with E-state index in [0.29, 0.717) is 24.4 Å². The van der Waals surface area contributed by atoms with Crippen LogP contribution in [0.2, 0.25) is 0 Å². The Morgan fingerprint density at radius 2 is 2.21 bits per heavy atom. The first-order valence-corrected chi connectivity index (χ1v) is 6.39. The summed E-state index contributed by atoms with van der Waals surface area (Å²) in [5, 5.41) is 9.54. The molecule has 4 nitrogen and oxygen atoms in total. The van der Waals surface area contributed by atoms with Crippen molar-refractivity contribution in [2.24, 2.45) is 5.73 Å². The Morgan fingerprint density at radius 1 is 1.53 bits per heavy atom. The zero-order valence-corrected chi connectivity index (χ0v) is 11.6. The number of methoxy groups -OCH3 is 1. The summed E-state index contributed by atoms with van der Waals surface area (Å²) >= 11 is 0. The molecular weight excluding hydrogens is 247 g/mol. The van der Waals surface area contributed by atoms with E-state index in [0.717, 1.165) is 5.56 Å². The number of aliphatic hydroxyl groups excluding tert-OH is 1. The Bertz CT molecular complexity index is 477. The van der Waals surface area contributed by atoms with Crippen molar-refractivity contribution >= 4 is 0 Å².